The Kier molecular flexibility index (Phi) is 5.90. The highest BCUT2D eigenvalue weighted by Gasteiger charge is 2.41. The van der Waals surface area contributed by atoms with Gasteiger partial charge >= 0.3 is 5.97 Å². The van der Waals surface area contributed by atoms with Crippen molar-refractivity contribution in [2.75, 3.05) is 13.2 Å². The third-order valence-electron chi connectivity index (χ3n) is 2.58. The van der Waals surface area contributed by atoms with Crippen molar-refractivity contribution in [3.63, 3.8) is 0 Å². The van der Waals surface area contributed by atoms with E-state index in [9.17, 15) is 19.5 Å². The van der Waals surface area contributed by atoms with E-state index in [1.165, 1.54) is 0 Å². The molecule has 8 nitrogen and oxygen atoms in total. The van der Waals surface area contributed by atoms with Gasteiger partial charge in [0.1, 0.15) is 5.56 Å². The molecule has 1 N–H and O–H groups in total. The molecule has 0 fully saturated rings. The molecule has 0 aliphatic carbocycles. The van der Waals surface area contributed by atoms with E-state index >= 15 is 0 Å². The van der Waals surface area contributed by atoms with Crippen LogP contribution in [-0.4, -0.2) is 29.2 Å². The summed E-state index contributed by atoms with van der Waals surface area (Å²) in [6.45, 7) is 3.35. The Hall–Kier alpha value is -1.89. The monoisotopic (exact) mass is 315 g/mol. The highest BCUT2D eigenvalue weighted by atomic mass is 31.1. The lowest BCUT2D eigenvalue weighted by Gasteiger charge is -2.26. The number of aromatic carboxylic acids is 1. The van der Waals surface area contributed by atoms with Crippen molar-refractivity contribution in [2.45, 2.75) is 19.4 Å². The first-order valence-corrected chi connectivity index (χ1v) is 6.87. The topological polar surface area (TPSA) is 116 Å². The molecule has 21 heavy (non-hydrogen) atoms. The number of benzene rings is 1. The van der Waals surface area contributed by atoms with Gasteiger partial charge in [-0.1, -0.05) is 0 Å². The molecule has 0 heterocycles. The van der Waals surface area contributed by atoms with Gasteiger partial charge in [0.15, 0.2) is 0 Å². The molecular formula is C12H14NO7P. The second-order valence-corrected chi connectivity index (χ2v) is 4.60. The molecule has 0 amide bonds. The number of carboxylic acid groups (broad SMARTS) is 1. The van der Waals surface area contributed by atoms with Gasteiger partial charge in [-0.3, -0.25) is 14.7 Å². The predicted octanol–water partition coefficient (Wildman–Crippen LogP) is 2.77. The van der Waals surface area contributed by atoms with Gasteiger partial charge in [0, 0.05) is 19.3 Å². The third-order valence-corrected chi connectivity index (χ3v) is 3.32. The Labute approximate surface area is 122 Å². The molecule has 0 unspecified atom stereocenters. The van der Waals surface area contributed by atoms with Crippen molar-refractivity contribution in [2.24, 2.45) is 0 Å². The van der Waals surface area contributed by atoms with Crippen molar-refractivity contribution < 1.29 is 28.9 Å². The van der Waals surface area contributed by atoms with Gasteiger partial charge < -0.3 is 14.6 Å². The number of carboxylic acids is 1. The molecule has 0 spiro atoms. The van der Waals surface area contributed by atoms with E-state index in [0.717, 1.165) is 18.2 Å². The Morgan fingerprint density at radius 1 is 1.38 bits per heavy atom. The second kappa shape index (κ2) is 7.21. The van der Waals surface area contributed by atoms with Gasteiger partial charge in [0.2, 0.25) is 8.46 Å². The van der Waals surface area contributed by atoms with E-state index in [0.29, 0.717) is 0 Å². The minimum atomic E-state index is -1.91. The number of hydrogen-bond donors (Lipinski definition) is 1. The normalized spacial score (nSPS) is 11.5. The Morgan fingerprint density at radius 2 is 1.95 bits per heavy atom. The largest absolute Gasteiger partial charge is 0.478 e. The van der Waals surface area contributed by atoms with Crippen LogP contribution in [0.25, 0.3) is 0 Å². The summed E-state index contributed by atoms with van der Waals surface area (Å²) in [6.07, 6.45) is 0. The van der Waals surface area contributed by atoms with Crippen LogP contribution in [0.15, 0.2) is 18.2 Å². The maximum atomic E-state index is 11.5. The number of ether oxygens (including phenoxy) is 2. The summed E-state index contributed by atoms with van der Waals surface area (Å²) in [5.41, 5.74) is -2.72. The van der Waals surface area contributed by atoms with Crippen LogP contribution in [0.2, 0.25) is 0 Å². The van der Waals surface area contributed by atoms with Gasteiger partial charge in [-0.15, -0.1) is 0 Å². The van der Waals surface area contributed by atoms with Crippen LogP contribution in [-0.2, 0) is 19.6 Å². The summed E-state index contributed by atoms with van der Waals surface area (Å²) in [5, 5.41) is 20.1. The average molecular weight is 315 g/mol. The molecule has 9 heteroatoms. The number of carbonyl (C=O) groups is 1. The quantitative estimate of drug-likeness (QED) is 0.339. The Bertz CT molecular complexity index is 555. The molecule has 1 rings (SSSR count). The first kappa shape index (κ1) is 17.2. The smallest absolute Gasteiger partial charge is 0.335 e. The van der Waals surface area contributed by atoms with Crippen molar-refractivity contribution >= 4 is 20.1 Å². The molecule has 0 aromatic heterocycles. The lowest BCUT2D eigenvalue weighted by molar-refractivity contribution is -0.387. The summed E-state index contributed by atoms with van der Waals surface area (Å²) in [5.74, 6) is -1.27. The fourth-order valence-corrected chi connectivity index (χ4v) is 2.41. The van der Waals surface area contributed by atoms with Crippen molar-refractivity contribution in [1.82, 2.24) is 0 Å². The SMILES string of the molecule is CCOC(OCC)(P=O)c1cc(C(=O)O)ccc1[N+](=O)[O-]. The van der Waals surface area contributed by atoms with Crippen LogP contribution < -0.4 is 0 Å². The third kappa shape index (κ3) is 3.60. The van der Waals surface area contributed by atoms with E-state index in [2.05, 4.69) is 0 Å². The second-order valence-electron chi connectivity index (χ2n) is 3.83. The van der Waals surface area contributed by atoms with E-state index in [4.69, 9.17) is 14.6 Å². The fourth-order valence-electron chi connectivity index (χ4n) is 1.77. The van der Waals surface area contributed by atoms with Crippen LogP contribution in [0, 0.1) is 10.1 Å². The molecule has 0 radical (unpaired) electrons. The first-order valence-electron chi connectivity index (χ1n) is 6.06. The lowest BCUT2D eigenvalue weighted by atomic mass is 10.1. The predicted molar refractivity (Wildman–Crippen MR) is 72.6 cm³/mol. The highest BCUT2D eigenvalue weighted by Crippen LogP contribution is 2.42. The Morgan fingerprint density at radius 3 is 2.33 bits per heavy atom. The molecule has 0 aliphatic rings. The molecule has 0 saturated carbocycles. The standard InChI is InChI=1S/C12H14NO7P/c1-3-19-12(21-18,20-4-2)9-7-8(11(14)15)5-6-10(9)13(16)17/h5-7H,3-4H2,1-2H3,(H,14,15). The summed E-state index contributed by atoms with van der Waals surface area (Å²) >= 11 is 0. The zero-order chi connectivity index (χ0) is 16.0. The van der Waals surface area contributed by atoms with Gasteiger partial charge in [0.05, 0.1) is 10.5 Å². The van der Waals surface area contributed by atoms with E-state index in [-0.39, 0.29) is 24.3 Å². The van der Waals surface area contributed by atoms with Gasteiger partial charge in [0.25, 0.3) is 11.2 Å². The van der Waals surface area contributed by atoms with Crippen LogP contribution >= 0.6 is 8.46 Å². The molecule has 0 bridgehead atoms. The summed E-state index contributed by atoms with van der Waals surface area (Å²) < 4.78 is 22.1. The minimum absolute atomic E-state index is 0.0731. The summed E-state index contributed by atoms with van der Waals surface area (Å²) in [4.78, 5) is 21.4. The number of rotatable bonds is 8. The maximum Gasteiger partial charge on any atom is 0.335 e. The van der Waals surface area contributed by atoms with Crippen LogP contribution in [0.1, 0.15) is 29.8 Å². The van der Waals surface area contributed by atoms with Gasteiger partial charge in [-0.05, 0) is 26.0 Å². The average Bonchev–Trinajstić information content (AvgIpc) is 2.46. The van der Waals surface area contributed by atoms with E-state index in [1.54, 1.807) is 13.8 Å². The number of nitro benzene ring substituents is 1. The molecular weight excluding hydrogens is 301 g/mol. The molecule has 0 aliphatic heterocycles. The number of nitrogens with zero attached hydrogens (tertiary/aromatic N) is 1. The van der Waals surface area contributed by atoms with Crippen LogP contribution in [0.4, 0.5) is 5.69 Å². The molecule has 0 atom stereocenters. The van der Waals surface area contributed by atoms with Gasteiger partial charge in [-0.2, -0.15) is 0 Å². The van der Waals surface area contributed by atoms with Crippen molar-refractivity contribution in [3.8, 4) is 0 Å². The number of nitro groups is 1. The van der Waals surface area contributed by atoms with Crippen molar-refractivity contribution in [3.05, 3.63) is 39.4 Å². The summed E-state index contributed by atoms with van der Waals surface area (Å²) in [6, 6.07) is 3.15. The fraction of sp³-hybridized carbons (Fsp3) is 0.417. The van der Waals surface area contributed by atoms with E-state index < -0.39 is 30.6 Å². The van der Waals surface area contributed by atoms with Gasteiger partial charge in [-0.25, -0.2) is 4.79 Å². The first-order chi connectivity index (χ1) is 9.91. The van der Waals surface area contributed by atoms with Crippen LogP contribution in [0.5, 0.6) is 0 Å². The highest BCUT2D eigenvalue weighted by molar-refractivity contribution is 7.25. The van der Waals surface area contributed by atoms with Crippen LogP contribution in [0.3, 0.4) is 0 Å². The van der Waals surface area contributed by atoms with E-state index in [1.807, 2.05) is 0 Å². The lowest BCUT2D eigenvalue weighted by Crippen LogP contribution is -2.28. The molecule has 1 aromatic rings. The Balaban J connectivity index is 3.59. The molecule has 0 saturated heterocycles. The minimum Gasteiger partial charge on any atom is -0.478 e. The molecule has 114 valence electrons. The zero-order valence-electron chi connectivity index (χ0n) is 11.4. The summed E-state index contributed by atoms with van der Waals surface area (Å²) in [7, 11) is -0.661. The maximum absolute atomic E-state index is 11.5. The number of hydrogen-bond acceptors (Lipinski definition) is 6. The molecule has 1 aromatic carbocycles. The zero-order valence-corrected chi connectivity index (χ0v) is 12.3. The van der Waals surface area contributed by atoms with Crippen molar-refractivity contribution in [1.29, 1.82) is 0 Å².